The molecule has 1 aromatic carbocycles. The fourth-order valence-corrected chi connectivity index (χ4v) is 1.81. The monoisotopic (exact) mass is 246 g/mol. The van der Waals surface area contributed by atoms with Gasteiger partial charge in [0, 0.05) is 13.1 Å². The van der Waals surface area contributed by atoms with Crippen molar-refractivity contribution in [2.24, 2.45) is 5.73 Å². The molecule has 0 fully saturated rings. The van der Waals surface area contributed by atoms with E-state index in [0.29, 0.717) is 6.54 Å². The maximum Gasteiger partial charge on any atom is 0.236 e. The van der Waals surface area contributed by atoms with E-state index in [1.165, 1.54) is 0 Å². The molecular weight excluding hydrogens is 228 g/mol. The van der Waals surface area contributed by atoms with Crippen LogP contribution >= 0.6 is 0 Å². The zero-order chi connectivity index (χ0) is 13.0. The molecule has 96 valence electrons. The van der Waals surface area contributed by atoms with E-state index in [1.54, 1.807) is 6.92 Å². The van der Waals surface area contributed by atoms with Crippen LogP contribution < -0.4 is 11.1 Å². The van der Waals surface area contributed by atoms with Gasteiger partial charge in [-0.1, -0.05) is 12.1 Å². The minimum absolute atomic E-state index is 0.106. The van der Waals surface area contributed by atoms with E-state index in [-0.39, 0.29) is 5.91 Å². The topological polar surface area (TPSA) is 72.9 Å². The maximum atomic E-state index is 11.3. The lowest BCUT2D eigenvalue weighted by Crippen LogP contribution is -2.38. The summed E-state index contributed by atoms with van der Waals surface area (Å²) < 4.78 is 2.09. The van der Waals surface area contributed by atoms with Crippen molar-refractivity contribution in [3.63, 3.8) is 0 Å². The van der Waals surface area contributed by atoms with Gasteiger partial charge in [0.15, 0.2) is 0 Å². The summed E-state index contributed by atoms with van der Waals surface area (Å²) in [7, 11) is 0. The molecule has 2 aromatic rings. The molecule has 0 saturated carbocycles. The van der Waals surface area contributed by atoms with Gasteiger partial charge in [-0.05, 0) is 25.5 Å². The lowest BCUT2D eigenvalue weighted by atomic mass is 10.3. The van der Waals surface area contributed by atoms with Crippen LogP contribution in [0.15, 0.2) is 30.6 Å². The molecule has 1 amide bonds. The minimum atomic E-state index is -0.445. The van der Waals surface area contributed by atoms with Crippen molar-refractivity contribution in [3.8, 4) is 0 Å². The normalized spacial score (nSPS) is 12.6. The van der Waals surface area contributed by atoms with Crippen molar-refractivity contribution >= 4 is 16.9 Å². The Labute approximate surface area is 106 Å². The summed E-state index contributed by atoms with van der Waals surface area (Å²) in [6.07, 6.45) is 2.69. The van der Waals surface area contributed by atoms with Crippen molar-refractivity contribution < 1.29 is 4.79 Å². The molecular formula is C13H18N4O. The number of hydrogen-bond donors (Lipinski definition) is 2. The molecule has 0 unspecified atom stereocenters. The van der Waals surface area contributed by atoms with E-state index in [0.717, 1.165) is 24.0 Å². The molecule has 5 nitrogen and oxygen atoms in total. The van der Waals surface area contributed by atoms with Gasteiger partial charge in [-0.15, -0.1) is 0 Å². The number of rotatable bonds is 5. The van der Waals surface area contributed by atoms with Crippen molar-refractivity contribution in [2.45, 2.75) is 25.9 Å². The first-order chi connectivity index (χ1) is 8.68. The number of imidazole rings is 1. The van der Waals surface area contributed by atoms with Crippen LogP contribution in [0.1, 0.15) is 13.3 Å². The van der Waals surface area contributed by atoms with Crippen molar-refractivity contribution in [3.05, 3.63) is 30.6 Å². The number of carbonyl (C=O) groups excluding carboxylic acids is 1. The number of nitrogens with two attached hydrogens (primary N) is 1. The minimum Gasteiger partial charge on any atom is -0.355 e. The standard InChI is InChI=1S/C13H18N4O/c1-10(14)13(18)15-7-4-8-17-9-16-11-5-2-3-6-12(11)17/h2-3,5-6,9-10H,4,7-8,14H2,1H3,(H,15,18)/t10-/m1/s1. The second-order valence-corrected chi connectivity index (χ2v) is 4.36. The van der Waals surface area contributed by atoms with Gasteiger partial charge in [0.05, 0.1) is 23.4 Å². The molecule has 1 aromatic heterocycles. The lowest BCUT2D eigenvalue weighted by Gasteiger charge is -2.08. The zero-order valence-electron chi connectivity index (χ0n) is 10.5. The Morgan fingerprint density at radius 1 is 1.50 bits per heavy atom. The summed E-state index contributed by atoms with van der Waals surface area (Å²) in [4.78, 5) is 15.6. The summed E-state index contributed by atoms with van der Waals surface area (Å²) in [6.45, 7) is 3.14. The Morgan fingerprint density at radius 2 is 2.28 bits per heavy atom. The third-order valence-electron chi connectivity index (χ3n) is 2.82. The molecule has 0 spiro atoms. The molecule has 0 aliphatic carbocycles. The van der Waals surface area contributed by atoms with E-state index in [1.807, 2.05) is 30.6 Å². The molecule has 0 bridgehead atoms. The Balaban J connectivity index is 1.85. The average Bonchev–Trinajstić information content (AvgIpc) is 2.77. The first kappa shape index (κ1) is 12.6. The smallest absolute Gasteiger partial charge is 0.236 e. The van der Waals surface area contributed by atoms with Crippen LogP contribution in [0.3, 0.4) is 0 Å². The van der Waals surface area contributed by atoms with Gasteiger partial charge in [0.1, 0.15) is 0 Å². The number of nitrogens with one attached hydrogen (secondary N) is 1. The van der Waals surface area contributed by atoms with Gasteiger partial charge in [-0.25, -0.2) is 4.98 Å². The number of benzene rings is 1. The van der Waals surface area contributed by atoms with Gasteiger partial charge in [0.2, 0.25) is 5.91 Å². The number of para-hydroxylation sites is 2. The second kappa shape index (κ2) is 5.64. The molecule has 5 heteroatoms. The van der Waals surface area contributed by atoms with Crippen LogP contribution in [0.25, 0.3) is 11.0 Å². The second-order valence-electron chi connectivity index (χ2n) is 4.36. The SMILES string of the molecule is C[C@@H](N)C(=O)NCCCn1cnc2ccccc21. The fourth-order valence-electron chi connectivity index (χ4n) is 1.81. The molecule has 1 atom stereocenters. The van der Waals surface area contributed by atoms with Crippen LogP contribution in [0.2, 0.25) is 0 Å². The highest BCUT2D eigenvalue weighted by Gasteiger charge is 2.05. The number of carbonyl (C=O) groups is 1. The molecule has 0 aliphatic rings. The van der Waals surface area contributed by atoms with Crippen LogP contribution in [0, 0.1) is 0 Å². The number of fused-ring (bicyclic) bond motifs is 1. The summed E-state index contributed by atoms with van der Waals surface area (Å²) >= 11 is 0. The molecule has 0 radical (unpaired) electrons. The van der Waals surface area contributed by atoms with Crippen molar-refractivity contribution in [2.75, 3.05) is 6.54 Å². The zero-order valence-corrected chi connectivity index (χ0v) is 10.5. The van der Waals surface area contributed by atoms with E-state index in [2.05, 4.69) is 14.9 Å². The maximum absolute atomic E-state index is 11.3. The largest absolute Gasteiger partial charge is 0.355 e. The van der Waals surface area contributed by atoms with Crippen LogP contribution in [0.5, 0.6) is 0 Å². The van der Waals surface area contributed by atoms with Gasteiger partial charge in [-0.3, -0.25) is 4.79 Å². The predicted molar refractivity (Wildman–Crippen MR) is 71.0 cm³/mol. The van der Waals surface area contributed by atoms with E-state index < -0.39 is 6.04 Å². The highest BCUT2D eigenvalue weighted by atomic mass is 16.2. The fraction of sp³-hybridized carbons (Fsp3) is 0.385. The first-order valence-corrected chi connectivity index (χ1v) is 6.11. The molecule has 18 heavy (non-hydrogen) atoms. The van der Waals surface area contributed by atoms with Crippen molar-refractivity contribution in [1.82, 2.24) is 14.9 Å². The summed E-state index contributed by atoms with van der Waals surface area (Å²) in [5.74, 6) is -0.106. The van der Waals surface area contributed by atoms with E-state index in [4.69, 9.17) is 5.73 Å². The van der Waals surface area contributed by atoms with Gasteiger partial charge in [-0.2, -0.15) is 0 Å². The predicted octanol–water partition coefficient (Wildman–Crippen LogP) is 0.890. The third-order valence-corrected chi connectivity index (χ3v) is 2.82. The summed E-state index contributed by atoms with van der Waals surface area (Å²) in [6, 6.07) is 7.56. The van der Waals surface area contributed by atoms with Crippen molar-refractivity contribution in [1.29, 1.82) is 0 Å². The Kier molecular flexibility index (Phi) is 3.94. The number of amides is 1. The molecule has 2 rings (SSSR count). The van der Waals surface area contributed by atoms with Crippen LogP contribution in [-0.2, 0) is 11.3 Å². The van der Waals surface area contributed by atoms with Gasteiger partial charge < -0.3 is 15.6 Å². The van der Waals surface area contributed by atoms with E-state index >= 15 is 0 Å². The Morgan fingerprint density at radius 3 is 3.06 bits per heavy atom. The Bertz CT molecular complexity index is 533. The number of hydrogen-bond acceptors (Lipinski definition) is 3. The summed E-state index contributed by atoms with van der Waals surface area (Å²) in [5, 5.41) is 2.79. The molecule has 1 heterocycles. The first-order valence-electron chi connectivity index (χ1n) is 6.11. The van der Waals surface area contributed by atoms with Crippen LogP contribution in [0.4, 0.5) is 0 Å². The highest BCUT2D eigenvalue weighted by molar-refractivity contribution is 5.80. The molecule has 0 aliphatic heterocycles. The Hall–Kier alpha value is -1.88. The number of nitrogens with zero attached hydrogens (tertiary/aromatic N) is 2. The van der Waals surface area contributed by atoms with Crippen LogP contribution in [-0.4, -0.2) is 28.0 Å². The summed E-state index contributed by atoms with van der Waals surface area (Å²) in [5.41, 5.74) is 7.58. The number of aryl methyl sites for hydroxylation is 1. The number of aromatic nitrogens is 2. The van der Waals surface area contributed by atoms with Gasteiger partial charge in [0.25, 0.3) is 0 Å². The lowest BCUT2D eigenvalue weighted by molar-refractivity contribution is -0.121. The highest BCUT2D eigenvalue weighted by Crippen LogP contribution is 2.11. The van der Waals surface area contributed by atoms with E-state index in [9.17, 15) is 4.79 Å². The molecule has 3 N–H and O–H groups in total. The quantitative estimate of drug-likeness (QED) is 0.769. The average molecular weight is 246 g/mol. The van der Waals surface area contributed by atoms with Gasteiger partial charge >= 0.3 is 0 Å². The molecule has 0 saturated heterocycles. The third kappa shape index (κ3) is 2.87.